The number of rotatable bonds is 4. The van der Waals surface area contributed by atoms with Gasteiger partial charge < -0.3 is 10.2 Å². The Bertz CT molecular complexity index is 1060. The third-order valence-electron chi connectivity index (χ3n) is 5.52. The average Bonchev–Trinajstić information content (AvgIpc) is 3.36. The molecular weight excluding hydrogens is 387 g/mol. The molecule has 1 aliphatic heterocycles. The molecule has 0 aliphatic carbocycles. The van der Waals surface area contributed by atoms with E-state index in [0.29, 0.717) is 24.3 Å². The number of aryl methyl sites for hydroxylation is 2. The van der Waals surface area contributed by atoms with Crippen LogP contribution in [0.3, 0.4) is 0 Å². The van der Waals surface area contributed by atoms with Crippen LogP contribution in [0.4, 0.5) is 10.1 Å². The molecule has 1 aromatic carbocycles. The maximum atomic E-state index is 13.7. The molecule has 9 heteroatoms. The number of para-hydroxylation sites is 1. The molecule has 1 fully saturated rings. The highest BCUT2D eigenvalue weighted by Gasteiger charge is 2.28. The summed E-state index contributed by atoms with van der Waals surface area (Å²) in [7, 11) is 0. The van der Waals surface area contributed by atoms with Crippen LogP contribution in [0.2, 0.25) is 0 Å². The van der Waals surface area contributed by atoms with Gasteiger partial charge in [-0.1, -0.05) is 12.1 Å². The number of amides is 2. The molecule has 0 spiro atoms. The van der Waals surface area contributed by atoms with Gasteiger partial charge in [0.15, 0.2) is 5.69 Å². The van der Waals surface area contributed by atoms with Gasteiger partial charge in [-0.3, -0.25) is 19.8 Å². The van der Waals surface area contributed by atoms with Crippen molar-refractivity contribution in [3.8, 4) is 0 Å². The van der Waals surface area contributed by atoms with Crippen LogP contribution in [0.1, 0.15) is 56.7 Å². The molecule has 2 amide bonds. The molecule has 156 valence electrons. The summed E-state index contributed by atoms with van der Waals surface area (Å²) >= 11 is 0. The first-order valence-corrected chi connectivity index (χ1v) is 9.86. The second-order valence-corrected chi connectivity index (χ2v) is 7.52. The van der Waals surface area contributed by atoms with Crippen LogP contribution in [-0.2, 0) is 0 Å². The molecule has 8 nitrogen and oxygen atoms in total. The second-order valence-electron chi connectivity index (χ2n) is 7.52. The summed E-state index contributed by atoms with van der Waals surface area (Å²) in [6.45, 7) is 4.90. The van der Waals surface area contributed by atoms with E-state index in [1.54, 1.807) is 18.2 Å². The Hall–Kier alpha value is -3.49. The topological polar surface area (TPSA) is 107 Å². The van der Waals surface area contributed by atoms with Crippen molar-refractivity contribution in [2.75, 3.05) is 18.4 Å². The largest absolute Gasteiger partial charge is 0.338 e. The quantitative estimate of drug-likeness (QED) is 0.614. The molecule has 4 rings (SSSR count). The lowest BCUT2D eigenvalue weighted by molar-refractivity contribution is 0.0710. The third-order valence-corrected chi connectivity index (χ3v) is 5.52. The Balaban J connectivity index is 1.38. The first-order valence-electron chi connectivity index (χ1n) is 9.86. The first-order chi connectivity index (χ1) is 14.4. The highest BCUT2D eigenvalue weighted by Crippen LogP contribution is 2.28. The van der Waals surface area contributed by atoms with E-state index < -0.39 is 11.7 Å². The molecule has 1 saturated heterocycles. The minimum absolute atomic E-state index is 0.00762. The fourth-order valence-corrected chi connectivity index (χ4v) is 3.83. The van der Waals surface area contributed by atoms with Gasteiger partial charge in [0.25, 0.3) is 11.8 Å². The summed E-state index contributed by atoms with van der Waals surface area (Å²) in [5.74, 6) is -0.808. The zero-order valence-corrected chi connectivity index (χ0v) is 16.8. The predicted molar refractivity (Wildman–Crippen MR) is 109 cm³/mol. The van der Waals surface area contributed by atoms with Gasteiger partial charge in [-0.25, -0.2) is 4.39 Å². The highest BCUT2D eigenvalue weighted by molar-refractivity contribution is 6.03. The molecule has 3 N–H and O–H groups in total. The van der Waals surface area contributed by atoms with Crippen LogP contribution in [0.15, 0.2) is 30.3 Å². The number of benzene rings is 1. The molecule has 0 unspecified atom stereocenters. The molecule has 3 aromatic rings. The SMILES string of the molecule is Cc1n[nH]c(C)c1C(=O)N1CCC(c2cc(C(=O)Nc3ccccc3F)n[nH]2)CC1. The van der Waals surface area contributed by atoms with Gasteiger partial charge in [-0.2, -0.15) is 10.2 Å². The Morgan fingerprint density at radius 3 is 2.53 bits per heavy atom. The van der Waals surface area contributed by atoms with Crippen molar-refractivity contribution in [2.24, 2.45) is 0 Å². The van der Waals surface area contributed by atoms with Crippen molar-refractivity contribution >= 4 is 17.5 Å². The van der Waals surface area contributed by atoms with E-state index in [2.05, 4.69) is 25.7 Å². The van der Waals surface area contributed by atoms with Gasteiger partial charge >= 0.3 is 0 Å². The lowest BCUT2D eigenvalue weighted by atomic mass is 9.93. The molecule has 0 radical (unpaired) electrons. The summed E-state index contributed by atoms with van der Waals surface area (Å²) < 4.78 is 13.7. The van der Waals surface area contributed by atoms with E-state index in [4.69, 9.17) is 0 Å². The molecule has 1 aliphatic rings. The van der Waals surface area contributed by atoms with E-state index >= 15 is 0 Å². The highest BCUT2D eigenvalue weighted by atomic mass is 19.1. The summed E-state index contributed by atoms with van der Waals surface area (Å²) in [5, 5.41) is 16.5. The van der Waals surface area contributed by atoms with Crippen LogP contribution in [0.5, 0.6) is 0 Å². The lowest BCUT2D eigenvalue weighted by Gasteiger charge is -2.31. The van der Waals surface area contributed by atoms with Gasteiger partial charge in [-0.15, -0.1) is 0 Å². The van der Waals surface area contributed by atoms with Crippen molar-refractivity contribution in [3.05, 3.63) is 64.5 Å². The Morgan fingerprint density at radius 2 is 1.87 bits per heavy atom. The molecule has 0 bridgehead atoms. The molecule has 3 heterocycles. The number of piperidine rings is 1. The summed E-state index contributed by atoms with van der Waals surface area (Å²) in [5.41, 5.74) is 3.29. The maximum absolute atomic E-state index is 13.7. The number of hydrogen-bond acceptors (Lipinski definition) is 4. The standard InChI is InChI=1S/C21H23FN6O2/c1-12-19(13(2)25-24-12)21(30)28-9-7-14(8-10-28)17-11-18(27-26-17)20(29)23-16-6-4-3-5-15(16)22/h3-6,11,14H,7-10H2,1-2H3,(H,23,29)(H,24,25)(H,26,27). The number of nitrogens with one attached hydrogen (secondary N) is 3. The van der Waals surface area contributed by atoms with Crippen LogP contribution in [-0.4, -0.2) is 50.2 Å². The van der Waals surface area contributed by atoms with Crippen molar-refractivity contribution in [1.29, 1.82) is 0 Å². The zero-order valence-electron chi connectivity index (χ0n) is 16.8. The average molecular weight is 410 g/mol. The molecule has 2 aromatic heterocycles. The van der Waals surface area contributed by atoms with E-state index in [-0.39, 0.29) is 23.2 Å². The fraction of sp³-hybridized carbons (Fsp3) is 0.333. The Morgan fingerprint density at radius 1 is 1.13 bits per heavy atom. The predicted octanol–water partition coefficient (Wildman–Crippen LogP) is 3.16. The van der Waals surface area contributed by atoms with Crippen LogP contribution >= 0.6 is 0 Å². The summed E-state index contributed by atoms with van der Waals surface area (Å²) in [6.07, 6.45) is 1.52. The summed E-state index contributed by atoms with van der Waals surface area (Å²) in [4.78, 5) is 27.0. The number of anilines is 1. The van der Waals surface area contributed by atoms with E-state index in [1.165, 1.54) is 12.1 Å². The minimum Gasteiger partial charge on any atom is -0.338 e. The number of nitrogens with zero attached hydrogens (tertiary/aromatic N) is 3. The monoisotopic (exact) mass is 410 g/mol. The van der Waals surface area contributed by atoms with Crippen molar-refractivity contribution in [1.82, 2.24) is 25.3 Å². The number of likely N-dealkylation sites (tertiary alicyclic amines) is 1. The summed E-state index contributed by atoms with van der Waals surface area (Å²) in [6, 6.07) is 7.69. The van der Waals surface area contributed by atoms with Gasteiger partial charge in [0, 0.05) is 30.4 Å². The maximum Gasteiger partial charge on any atom is 0.276 e. The Labute approximate surface area is 172 Å². The van der Waals surface area contributed by atoms with E-state index in [1.807, 2.05) is 18.7 Å². The number of halogens is 1. The number of hydrogen-bond donors (Lipinski definition) is 3. The number of aromatic amines is 2. The molecule has 0 atom stereocenters. The minimum atomic E-state index is -0.498. The van der Waals surface area contributed by atoms with Crippen molar-refractivity contribution in [3.63, 3.8) is 0 Å². The number of aromatic nitrogens is 4. The van der Waals surface area contributed by atoms with Crippen LogP contribution in [0, 0.1) is 19.7 Å². The second kappa shape index (κ2) is 8.10. The van der Waals surface area contributed by atoms with E-state index in [0.717, 1.165) is 24.2 Å². The van der Waals surface area contributed by atoms with E-state index in [9.17, 15) is 14.0 Å². The van der Waals surface area contributed by atoms with Crippen LogP contribution < -0.4 is 5.32 Å². The van der Waals surface area contributed by atoms with Crippen LogP contribution in [0.25, 0.3) is 0 Å². The number of H-pyrrole nitrogens is 2. The van der Waals surface area contributed by atoms with Crippen molar-refractivity contribution in [2.45, 2.75) is 32.6 Å². The fourth-order valence-electron chi connectivity index (χ4n) is 3.83. The lowest BCUT2D eigenvalue weighted by Crippen LogP contribution is -2.38. The van der Waals surface area contributed by atoms with Gasteiger partial charge in [0.2, 0.25) is 0 Å². The number of carbonyl (C=O) groups excluding carboxylic acids is 2. The van der Waals surface area contributed by atoms with Gasteiger partial charge in [-0.05, 0) is 44.9 Å². The van der Waals surface area contributed by atoms with Crippen molar-refractivity contribution < 1.29 is 14.0 Å². The zero-order chi connectivity index (χ0) is 21.3. The smallest absolute Gasteiger partial charge is 0.276 e. The number of carbonyl (C=O) groups is 2. The Kier molecular flexibility index (Phi) is 5.35. The van der Waals surface area contributed by atoms with Gasteiger partial charge in [0.1, 0.15) is 5.82 Å². The third kappa shape index (κ3) is 3.83. The molecule has 0 saturated carbocycles. The molecule has 30 heavy (non-hydrogen) atoms. The normalized spacial score (nSPS) is 14.7. The molecular formula is C21H23FN6O2. The van der Waals surface area contributed by atoms with Gasteiger partial charge in [0.05, 0.1) is 16.9 Å². The first kappa shape index (κ1) is 19.8.